The number of alkyl halides is 3. The first-order valence-electron chi connectivity index (χ1n) is 6.34. The van der Waals surface area contributed by atoms with Gasteiger partial charge >= 0.3 is 6.18 Å². The molecular formula is C12H23F3N2O. The maximum Gasteiger partial charge on any atom is 0.401 e. The Bertz CT molecular complexity index is 267. The minimum Gasteiger partial charge on any atom is -0.394 e. The molecule has 1 unspecified atom stereocenters. The summed E-state index contributed by atoms with van der Waals surface area (Å²) < 4.78 is 37.5. The molecule has 1 fully saturated rings. The monoisotopic (exact) mass is 268 g/mol. The average Bonchev–Trinajstić information content (AvgIpc) is 2.98. The van der Waals surface area contributed by atoms with Crippen molar-refractivity contribution in [3.63, 3.8) is 0 Å². The van der Waals surface area contributed by atoms with E-state index in [9.17, 15) is 18.3 Å². The molecule has 1 saturated carbocycles. The molecule has 1 rings (SSSR count). The summed E-state index contributed by atoms with van der Waals surface area (Å²) >= 11 is 0. The van der Waals surface area contributed by atoms with E-state index in [1.165, 1.54) is 4.90 Å². The summed E-state index contributed by atoms with van der Waals surface area (Å²) in [4.78, 5) is 1.35. The number of nitrogens with one attached hydrogen (secondary N) is 1. The van der Waals surface area contributed by atoms with Crippen LogP contribution in [0.3, 0.4) is 0 Å². The molecule has 2 N–H and O–H groups in total. The van der Waals surface area contributed by atoms with Gasteiger partial charge in [0, 0.05) is 18.6 Å². The Morgan fingerprint density at radius 1 is 1.28 bits per heavy atom. The van der Waals surface area contributed by atoms with Crippen LogP contribution >= 0.6 is 0 Å². The topological polar surface area (TPSA) is 35.5 Å². The zero-order chi connectivity index (χ0) is 14.0. The average molecular weight is 268 g/mol. The van der Waals surface area contributed by atoms with Gasteiger partial charge in [-0.05, 0) is 33.6 Å². The van der Waals surface area contributed by atoms with Crippen LogP contribution in [0.2, 0.25) is 0 Å². The fraction of sp³-hybridized carbons (Fsp3) is 1.00. The first-order valence-corrected chi connectivity index (χ1v) is 6.34. The third kappa shape index (κ3) is 5.54. The van der Waals surface area contributed by atoms with Gasteiger partial charge in [0.25, 0.3) is 0 Å². The Balaban J connectivity index is 2.61. The first-order chi connectivity index (χ1) is 8.15. The van der Waals surface area contributed by atoms with Crippen LogP contribution in [0.4, 0.5) is 13.2 Å². The molecule has 1 aliphatic carbocycles. The number of rotatable bonds is 7. The van der Waals surface area contributed by atoms with Crippen molar-refractivity contribution in [3.8, 4) is 0 Å². The summed E-state index contributed by atoms with van der Waals surface area (Å²) in [5.41, 5.74) is -0.670. The Hall–Kier alpha value is -0.330. The van der Waals surface area contributed by atoms with Crippen molar-refractivity contribution in [2.45, 2.75) is 57.4 Å². The lowest BCUT2D eigenvalue weighted by molar-refractivity contribution is -0.152. The van der Waals surface area contributed by atoms with Crippen molar-refractivity contribution in [1.29, 1.82) is 0 Å². The lowest BCUT2D eigenvalue weighted by Crippen LogP contribution is -2.57. The second-order valence-corrected chi connectivity index (χ2v) is 5.75. The Kier molecular flexibility index (Phi) is 5.03. The lowest BCUT2D eigenvalue weighted by Gasteiger charge is -2.37. The standard InChI is InChI=1S/C12H23F3N2O/c1-9(2)17(7-12(13,14)15)6-11(3,8-18)16-10-4-5-10/h9-10,16,18H,4-8H2,1-3H3. The molecule has 0 amide bonds. The molecular weight excluding hydrogens is 245 g/mol. The lowest BCUT2D eigenvalue weighted by atomic mass is 10.0. The number of aliphatic hydroxyl groups is 1. The van der Waals surface area contributed by atoms with E-state index in [0.717, 1.165) is 12.8 Å². The van der Waals surface area contributed by atoms with Crippen molar-refractivity contribution in [2.24, 2.45) is 0 Å². The van der Waals surface area contributed by atoms with Crippen molar-refractivity contribution >= 4 is 0 Å². The van der Waals surface area contributed by atoms with E-state index in [1.807, 2.05) is 0 Å². The van der Waals surface area contributed by atoms with Crippen LogP contribution in [-0.2, 0) is 0 Å². The number of halogens is 3. The molecule has 3 nitrogen and oxygen atoms in total. The molecule has 1 atom stereocenters. The van der Waals surface area contributed by atoms with Crippen molar-refractivity contribution in [1.82, 2.24) is 10.2 Å². The molecule has 6 heteroatoms. The summed E-state index contributed by atoms with van der Waals surface area (Å²) in [6, 6.07) is 0.139. The van der Waals surface area contributed by atoms with E-state index >= 15 is 0 Å². The number of hydrogen-bond acceptors (Lipinski definition) is 3. The van der Waals surface area contributed by atoms with Crippen molar-refractivity contribution in [3.05, 3.63) is 0 Å². The van der Waals surface area contributed by atoms with Gasteiger partial charge in [-0.3, -0.25) is 4.90 Å². The van der Waals surface area contributed by atoms with Gasteiger partial charge in [-0.25, -0.2) is 0 Å². The van der Waals surface area contributed by atoms with Gasteiger partial charge in [0.05, 0.1) is 18.7 Å². The highest BCUT2D eigenvalue weighted by molar-refractivity contribution is 4.95. The first kappa shape index (κ1) is 15.7. The summed E-state index contributed by atoms with van der Waals surface area (Å²) in [7, 11) is 0. The van der Waals surface area contributed by atoms with Crippen LogP contribution in [0.1, 0.15) is 33.6 Å². The Labute approximate surface area is 106 Å². The fourth-order valence-corrected chi connectivity index (χ4v) is 1.96. The van der Waals surface area contributed by atoms with Gasteiger partial charge in [-0.15, -0.1) is 0 Å². The second kappa shape index (κ2) is 5.75. The molecule has 0 saturated heterocycles. The second-order valence-electron chi connectivity index (χ2n) is 5.75. The summed E-state index contributed by atoms with van der Waals surface area (Å²) in [5, 5.41) is 12.6. The Morgan fingerprint density at radius 3 is 2.17 bits per heavy atom. The van der Waals surface area contributed by atoms with Crippen molar-refractivity contribution in [2.75, 3.05) is 19.7 Å². The molecule has 108 valence electrons. The van der Waals surface area contributed by atoms with E-state index in [0.29, 0.717) is 6.04 Å². The smallest absolute Gasteiger partial charge is 0.394 e. The number of aliphatic hydroxyl groups excluding tert-OH is 1. The SMILES string of the molecule is CC(C)N(CC(F)(F)F)CC(C)(CO)NC1CC1. The number of nitrogens with zero attached hydrogens (tertiary/aromatic N) is 1. The molecule has 0 radical (unpaired) electrons. The van der Waals surface area contributed by atoms with Gasteiger partial charge in [-0.2, -0.15) is 13.2 Å². The summed E-state index contributed by atoms with van der Waals surface area (Å²) in [5.74, 6) is 0. The molecule has 0 aromatic rings. The van der Waals surface area contributed by atoms with Crippen molar-refractivity contribution < 1.29 is 18.3 Å². The zero-order valence-corrected chi connectivity index (χ0v) is 11.2. The fourth-order valence-electron chi connectivity index (χ4n) is 1.96. The van der Waals surface area contributed by atoms with E-state index in [-0.39, 0.29) is 19.2 Å². The normalized spacial score (nSPS) is 20.5. The minimum atomic E-state index is -4.21. The van der Waals surface area contributed by atoms with Gasteiger partial charge in [-0.1, -0.05) is 0 Å². The maximum absolute atomic E-state index is 12.5. The van der Waals surface area contributed by atoms with Gasteiger partial charge < -0.3 is 10.4 Å². The van der Waals surface area contributed by atoms with Gasteiger partial charge in [0.1, 0.15) is 0 Å². The zero-order valence-electron chi connectivity index (χ0n) is 11.2. The highest BCUT2D eigenvalue weighted by atomic mass is 19.4. The predicted molar refractivity (Wildman–Crippen MR) is 64.4 cm³/mol. The third-order valence-electron chi connectivity index (χ3n) is 3.14. The van der Waals surface area contributed by atoms with Crippen LogP contribution in [0, 0.1) is 0 Å². The summed E-state index contributed by atoms with van der Waals surface area (Å²) in [6.07, 6.45) is -2.13. The molecule has 0 spiro atoms. The van der Waals surface area contributed by atoms with Crippen LogP contribution in [-0.4, -0.2) is 53.5 Å². The molecule has 0 bridgehead atoms. The minimum absolute atomic E-state index is 0.162. The molecule has 0 aromatic carbocycles. The quantitative estimate of drug-likeness (QED) is 0.738. The van der Waals surface area contributed by atoms with Crippen LogP contribution < -0.4 is 5.32 Å². The molecule has 0 aliphatic heterocycles. The van der Waals surface area contributed by atoms with Crippen LogP contribution in [0.5, 0.6) is 0 Å². The number of hydrogen-bond donors (Lipinski definition) is 2. The highest BCUT2D eigenvalue weighted by Crippen LogP contribution is 2.24. The highest BCUT2D eigenvalue weighted by Gasteiger charge is 2.38. The molecule has 0 heterocycles. The summed E-state index contributed by atoms with van der Waals surface area (Å²) in [6.45, 7) is 4.34. The van der Waals surface area contributed by atoms with Crippen LogP contribution in [0.25, 0.3) is 0 Å². The van der Waals surface area contributed by atoms with E-state index in [2.05, 4.69) is 5.32 Å². The maximum atomic E-state index is 12.5. The molecule has 0 aromatic heterocycles. The van der Waals surface area contributed by atoms with Gasteiger partial charge in [0.15, 0.2) is 0 Å². The van der Waals surface area contributed by atoms with E-state index in [4.69, 9.17) is 0 Å². The van der Waals surface area contributed by atoms with Crippen LogP contribution in [0.15, 0.2) is 0 Å². The van der Waals surface area contributed by atoms with Gasteiger partial charge in [0.2, 0.25) is 0 Å². The molecule has 18 heavy (non-hydrogen) atoms. The third-order valence-corrected chi connectivity index (χ3v) is 3.14. The molecule has 1 aliphatic rings. The van der Waals surface area contributed by atoms with E-state index in [1.54, 1.807) is 20.8 Å². The largest absolute Gasteiger partial charge is 0.401 e. The predicted octanol–water partition coefficient (Wildman–Crippen LogP) is 1.76. The van der Waals surface area contributed by atoms with E-state index < -0.39 is 18.3 Å². The Morgan fingerprint density at radius 2 is 1.83 bits per heavy atom.